The maximum Gasteiger partial charge on any atom is 0.407 e. The fourth-order valence-corrected chi connectivity index (χ4v) is 0.818. The second-order valence-electron chi connectivity index (χ2n) is 3.33. The lowest BCUT2D eigenvalue weighted by Crippen LogP contribution is -2.46. The molecule has 0 atom stereocenters. The van der Waals surface area contributed by atoms with Gasteiger partial charge in [0.25, 0.3) is 0 Å². The lowest BCUT2D eigenvalue weighted by molar-refractivity contribution is 0.0860. The van der Waals surface area contributed by atoms with Crippen molar-refractivity contribution in [3.05, 3.63) is 0 Å². The highest BCUT2D eigenvalue weighted by atomic mass is 16.4. The van der Waals surface area contributed by atoms with Gasteiger partial charge in [-0.2, -0.15) is 0 Å². The number of hydrogen-bond acceptors (Lipinski definition) is 4. The standard InChI is InChI=1S/C7H15NO3.H3NO/c1-7(2,3)8(4-5-9)6(10)11;1-2/h9H,4-5H2,1-3H3,(H,10,11);2H,1H2. The lowest BCUT2D eigenvalue weighted by atomic mass is 10.1. The maximum absolute atomic E-state index is 10.6. The Labute approximate surface area is 77.5 Å². The summed E-state index contributed by atoms with van der Waals surface area (Å²) in [4.78, 5) is 11.8. The molecule has 0 aliphatic carbocycles. The molecule has 0 fully saturated rings. The quantitative estimate of drug-likeness (QED) is 0.466. The van der Waals surface area contributed by atoms with Crippen molar-refractivity contribution in [1.82, 2.24) is 4.90 Å². The first-order valence-corrected chi connectivity index (χ1v) is 3.77. The van der Waals surface area contributed by atoms with Crippen molar-refractivity contribution in [2.24, 2.45) is 5.90 Å². The number of hydrogen-bond donors (Lipinski definition) is 4. The number of amides is 1. The van der Waals surface area contributed by atoms with E-state index >= 15 is 0 Å². The zero-order chi connectivity index (χ0) is 11.1. The number of aliphatic hydroxyl groups excluding tert-OH is 1. The minimum absolute atomic E-state index is 0.135. The van der Waals surface area contributed by atoms with Gasteiger partial charge < -0.3 is 20.3 Å². The first kappa shape index (κ1) is 14.7. The Morgan fingerprint density at radius 3 is 1.85 bits per heavy atom. The number of carbonyl (C=O) groups is 1. The van der Waals surface area contributed by atoms with Crippen LogP contribution < -0.4 is 5.90 Å². The van der Waals surface area contributed by atoms with Gasteiger partial charge in [0.2, 0.25) is 0 Å². The SMILES string of the molecule is CC(C)(C)N(CCO)C(=O)O.NO. The summed E-state index contributed by atoms with van der Waals surface area (Å²) in [5.74, 6) is 3.50. The second kappa shape index (κ2) is 6.64. The first-order valence-electron chi connectivity index (χ1n) is 3.77. The van der Waals surface area contributed by atoms with E-state index in [-0.39, 0.29) is 13.2 Å². The summed E-state index contributed by atoms with van der Waals surface area (Å²) < 4.78 is 0. The topological polar surface area (TPSA) is 107 Å². The molecule has 0 aromatic rings. The van der Waals surface area contributed by atoms with Gasteiger partial charge >= 0.3 is 6.09 Å². The Kier molecular flexibility index (Phi) is 7.49. The van der Waals surface area contributed by atoms with Crippen LogP contribution >= 0.6 is 0 Å². The van der Waals surface area contributed by atoms with E-state index in [1.54, 1.807) is 20.8 Å². The molecule has 0 aliphatic rings. The molecule has 0 aromatic heterocycles. The molecule has 6 nitrogen and oxygen atoms in total. The molecule has 80 valence electrons. The summed E-state index contributed by atoms with van der Waals surface area (Å²) in [5.41, 5.74) is -0.436. The smallest absolute Gasteiger partial charge is 0.407 e. The zero-order valence-electron chi connectivity index (χ0n) is 8.19. The molecule has 0 rings (SSSR count). The van der Waals surface area contributed by atoms with Crippen LogP contribution in [0.3, 0.4) is 0 Å². The van der Waals surface area contributed by atoms with Crippen LogP contribution in [0.1, 0.15) is 20.8 Å². The van der Waals surface area contributed by atoms with Crippen molar-refractivity contribution in [3.8, 4) is 0 Å². The van der Waals surface area contributed by atoms with Crippen molar-refractivity contribution >= 4 is 6.09 Å². The third-order valence-corrected chi connectivity index (χ3v) is 1.36. The fraction of sp³-hybridized carbons (Fsp3) is 0.857. The van der Waals surface area contributed by atoms with Gasteiger partial charge in [-0.3, -0.25) is 0 Å². The average Bonchev–Trinajstić information content (AvgIpc) is 2.01. The van der Waals surface area contributed by atoms with E-state index in [2.05, 4.69) is 5.90 Å². The molecule has 6 heteroatoms. The van der Waals surface area contributed by atoms with Crippen molar-refractivity contribution < 1.29 is 20.2 Å². The van der Waals surface area contributed by atoms with Gasteiger partial charge in [0.15, 0.2) is 0 Å². The Morgan fingerprint density at radius 1 is 1.38 bits per heavy atom. The molecule has 0 radical (unpaired) electrons. The molecule has 0 aliphatic heterocycles. The number of nitrogens with zero attached hydrogens (tertiary/aromatic N) is 1. The number of aliphatic hydroxyl groups is 1. The molecule has 1 amide bonds. The van der Waals surface area contributed by atoms with Gasteiger partial charge in [-0.05, 0) is 20.8 Å². The van der Waals surface area contributed by atoms with Crippen LogP contribution in [0.15, 0.2) is 0 Å². The Morgan fingerprint density at radius 2 is 1.77 bits per heavy atom. The number of carboxylic acid groups (broad SMARTS) is 1. The summed E-state index contributed by atoms with van der Waals surface area (Å²) in [5, 5.41) is 23.7. The number of β-amino-alcohol motifs (C(OH)–C–C–N with tert-alkyl or cyclic N) is 1. The second-order valence-corrected chi connectivity index (χ2v) is 3.33. The Balaban J connectivity index is 0. The Bertz CT molecular complexity index is 144. The van der Waals surface area contributed by atoms with E-state index in [1.165, 1.54) is 4.90 Å². The largest absolute Gasteiger partial charge is 0.465 e. The molecular weight excluding hydrogens is 176 g/mol. The minimum Gasteiger partial charge on any atom is -0.465 e. The summed E-state index contributed by atoms with van der Waals surface area (Å²) in [7, 11) is 0. The zero-order valence-corrected chi connectivity index (χ0v) is 8.19. The van der Waals surface area contributed by atoms with Gasteiger partial charge in [-0.15, -0.1) is 0 Å². The van der Waals surface area contributed by atoms with Crippen molar-refractivity contribution in [2.75, 3.05) is 13.2 Å². The van der Waals surface area contributed by atoms with Crippen molar-refractivity contribution in [3.63, 3.8) is 0 Å². The van der Waals surface area contributed by atoms with Crippen LogP contribution in [0, 0.1) is 0 Å². The van der Waals surface area contributed by atoms with Crippen molar-refractivity contribution in [2.45, 2.75) is 26.3 Å². The van der Waals surface area contributed by atoms with Crippen LogP contribution in [0.2, 0.25) is 0 Å². The highest BCUT2D eigenvalue weighted by Gasteiger charge is 2.24. The maximum atomic E-state index is 10.6. The summed E-state index contributed by atoms with van der Waals surface area (Å²) >= 11 is 0. The molecule has 0 saturated carbocycles. The van der Waals surface area contributed by atoms with Gasteiger partial charge in [0.1, 0.15) is 0 Å². The van der Waals surface area contributed by atoms with E-state index in [9.17, 15) is 4.79 Å². The van der Waals surface area contributed by atoms with E-state index in [4.69, 9.17) is 15.4 Å². The van der Waals surface area contributed by atoms with Crippen LogP contribution in [-0.4, -0.2) is 45.1 Å². The molecule has 0 unspecified atom stereocenters. The third-order valence-electron chi connectivity index (χ3n) is 1.36. The fourth-order valence-electron chi connectivity index (χ4n) is 0.818. The Hall–Kier alpha value is -0.850. The van der Waals surface area contributed by atoms with E-state index in [0.29, 0.717) is 0 Å². The van der Waals surface area contributed by atoms with Crippen LogP contribution in [-0.2, 0) is 0 Å². The highest BCUT2D eigenvalue weighted by molar-refractivity contribution is 5.65. The van der Waals surface area contributed by atoms with Gasteiger partial charge in [-0.1, -0.05) is 0 Å². The summed E-state index contributed by atoms with van der Waals surface area (Å²) in [6.07, 6.45) is -0.994. The minimum atomic E-state index is -0.994. The van der Waals surface area contributed by atoms with Gasteiger partial charge in [-0.25, -0.2) is 10.7 Å². The number of nitrogens with two attached hydrogens (primary N) is 1. The third kappa shape index (κ3) is 6.32. The predicted molar refractivity (Wildman–Crippen MR) is 47.5 cm³/mol. The normalized spacial score (nSPS) is 10.0. The summed E-state index contributed by atoms with van der Waals surface area (Å²) in [6.45, 7) is 5.40. The van der Waals surface area contributed by atoms with E-state index < -0.39 is 11.6 Å². The monoisotopic (exact) mass is 194 g/mol. The van der Waals surface area contributed by atoms with E-state index in [1.807, 2.05) is 0 Å². The molecular formula is C7H18N2O4. The predicted octanol–water partition coefficient (Wildman–Crippen LogP) is 0.0915. The molecule has 0 saturated heterocycles. The van der Waals surface area contributed by atoms with Crippen LogP contribution in [0.4, 0.5) is 4.79 Å². The van der Waals surface area contributed by atoms with Crippen LogP contribution in [0.5, 0.6) is 0 Å². The van der Waals surface area contributed by atoms with Gasteiger partial charge in [0, 0.05) is 12.1 Å². The molecule has 0 heterocycles. The van der Waals surface area contributed by atoms with Crippen molar-refractivity contribution in [1.29, 1.82) is 0 Å². The first-order chi connectivity index (χ1) is 5.89. The number of rotatable bonds is 2. The molecule has 0 spiro atoms. The van der Waals surface area contributed by atoms with Crippen LogP contribution in [0.25, 0.3) is 0 Å². The summed E-state index contributed by atoms with van der Waals surface area (Å²) in [6, 6.07) is 0. The molecule has 0 aromatic carbocycles. The highest BCUT2D eigenvalue weighted by Crippen LogP contribution is 2.11. The molecule has 0 bridgehead atoms. The van der Waals surface area contributed by atoms with E-state index in [0.717, 1.165) is 0 Å². The molecule has 13 heavy (non-hydrogen) atoms. The lowest BCUT2D eigenvalue weighted by Gasteiger charge is -2.32. The molecule has 5 N–H and O–H groups in total. The van der Waals surface area contributed by atoms with Gasteiger partial charge in [0.05, 0.1) is 6.61 Å². The average molecular weight is 194 g/mol.